The molecule has 0 amide bonds. The molecule has 2 rings (SSSR count). The fraction of sp³-hybridized carbons (Fsp3) is 0.591. The van der Waals surface area contributed by atoms with Crippen LogP contribution in [0.15, 0.2) is 47.2 Å². The van der Waals surface area contributed by atoms with Gasteiger partial charge in [0.2, 0.25) is 0 Å². The second-order valence-electron chi connectivity index (χ2n) is 4.58. The molecule has 0 aliphatic rings. The minimum absolute atomic E-state index is 0.697. The summed E-state index contributed by atoms with van der Waals surface area (Å²) < 4.78 is 15.9. The van der Waals surface area contributed by atoms with Gasteiger partial charge in [-0.1, -0.05) is 64.9 Å². The number of nitrogens with zero attached hydrogens (tertiary/aromatic N) is 1. The van der Waals surface area contributed by atoms with Crippen molar-refractivity contribution in [2.24, 2.45) is 0 Å². The van der Waals surface area contributed by atoms with Crippen LogP contribution in [-0.4, -0.2) is 25.0 Å². The number of rotatable bonds is 10. The molecule has 0 spiro atoms. The van der Waals surface area contributed by atoms with Crippen molar-refractivity contribution in [3.8, 4) is 5.75 Å². The van der Waals surface area contributed by atoms with Crippen LogP contribution in [0.3, 0.4) is 0 Å². The van der Waals surface area contributed by atoms with E-state index >= 15 is 0 Å². The molecule has 1 aromatic carbocycles. The van der Waals surface area contributed by atoms with Gasteiger partial charge in [0.15, 0.2) is 0 Å². The Hall–Kier alpha value is -1.81. The van der Waals surface area contributed by atoms with Crippen LogP contribution in [0.2, 0.25) is 0 Å². The van der Waals surface area contributed by atoms with Crippen LogP contribution in [0.4, 0.5) is 0 Å². The third kappa shape index (κ3) is 15.7. The van der Waals surface area contributed by atoms with Gasteiger partial charge in [0, 0.05) is 25.7 Å². The molecule has 1 aromatic heterocycles. The number of aryl methyl sites for hydroxylation is 1. The first-order valence-electron chi connectivity index (χ1n) is 10.1. The lowest BCUT2D eigenvalue weighted by Gasteiger charge is -2.06. The Bertz CT molecular complexity index is 444. The maximum Gasteiger partial charge on any atom is 0.124 e. The molecule has 0 saturated carbocycles. The Labute approximate surface area is 160 Å². The topological polar surface area (TPSA) is 44.5 Å². The average molecular weight is 366 g/mol. The van der Waals surface area contributed by atoms with E-state index in [1.165, 1.54) is 0 Å². The van der Waals surface area contributed by atoms with Crippen molar-refractivity contribution in [1.29, 1.82) is 0 Å². The van der Waals surface area contributed by atoms with Gasteiger partial charge in [0.1, 0.15) is 12.0 Å². The first-order chi connectivity index (χ1) is 12.9. The maximum absolute atomic E-state index is 5.58. The van der Waals surface area contributed by atoms with Crippen molar-refractivity contribution >= 4 is 0 Å². The van der Waals surface area contributed by atoms with Crippen LogP contribution in [0, 0.1) is 0 Å². The zero-order valence-electron chi connectivity index (χ0n) is 17.7. The number of benzene rings is 1. The Balaban J connectivity index is 0. The fourth-order valence-corrected chi connectivity index (χ4v) is 1.85. The Kier molecular flexibility index (Phi) is 23.6. The van der Waals surface area contributed by atoms with Gasteiger partial charge in [-0.05, 0) is 31.4 Å². The highest BCUT2D eigenvalue weighted by molar-refractivity contribution is 5.20. The highest BCUT2D eigenvalue weighted by Crippen LogP contribution is 2.08. The van der Waals surface area contributed by atoms with Gasteiger partial charge in [-0.15, -0.1) is 0 Å². The molecule has 4 heteroatoms. The molecule has 150 valence electrons. The lowest BCUT2D eigenvalue weighted by molar-refractivity contribution is 0.116. The Morgan fingerprint density at radius 2 is 1.42 bits per heavy atom. The number of ether oxygens (including phenoxy) is 2. The highest BCUT2D eigenvalue weighted by atomic mass is 16.5. The normalized spacial score (nSPS) is 8.85. The number of hydrogen-bond acceptors (Lipinski definition) is 4. The first-order valence-corrected chi connectivity index (χ1v) is 10.1. The largest absolute Gasteiger partial charge is 0.494 e. The van der Waals surface area contributed by atoms with E-state index in [1.54, 1.807) is 6.26 Å². The second-order valence-corrected chi connectivity index (χ2v) is 4.58. The van der Waals surface area contributed by atoms with Gasteiger partial charge in [0.25, 0.3) is 0 Å². The lowest BCUT2D eigenvalue weighted by atomic mass is 10.2. The smallest absolute Gasteiger partial charge is 0.124 e. The zero-order valence-corrected chi connectivity index (χ0v) is 17.7. The molecule has 0 atom stereocenters. The minimum atomic E-state index is 0.697. The minimum Gasteiger partial charge on any atom is -0.494 e. The molecule has 0 unspecified atom stereocenters. The molecule has 0 aliphatic carbocycles. The van der Waals surface area contributed by atoms with Crippen LogP contribution in [0.5, 0.6) is 5.75 Å². The van der Waals surface area contributed by atoms with E-state index in [0.29, 0.717) is 6.61 Å². The quantitative estimate of drug-likeness (QED) is 0.447. The SMILES string of the molecule is CC.CC.CC.c1ccc(OCCCOCCCCc2ccon2)cc1. The summed E-state index contributed by atoms with van der Waals surface area (Å²) >= 11 is 0. The monoisotopic (exact) mass is 365 g/mol. The van der Waals surface area contributed by atoms with E-state index in [2.05, 4.69) is 5.16 Å². The Morgan fingerprint density at radius 1 is 0.769 bits per heavy atom. The van der Waals surface area contributed by atoms with Crippen LogP contribution in [0.25, 0.3) is 0 Å². The van der Waals surface area contributed by atoms with E-state index in [-0.39, 0.29) is 0 Å². The number of aromatic nitrogens is 1. The molecule has 0 N–H and O–H groups in total. The predicted octanol–water partition coefficient (Wildman–Crippen LogP) is 6.56. The Morgan fingerprint density at radius 3 is 2.04 bits per heavy atom. The lowest BCUT2D eigenvalue weighted by Crippen LogP contribution is -2.04. The van der Waals surface area contributed by atoms with Gasteiger partial charge in [-0.2, -0.15) is 0 Å². The van der Waals surface area contributed by atoms with Crippen molar-refractivity contribution in [2.45, 2.75) is 67.2 Å². The van der Waals surface area contributed by atoms with Crippen LogP contribution >= 0.6 is 0 Å². The van der Waals surface area contributed by atoms with E-state index in [0.717, 1.165) is 50.3 Å². The highest BCUT2D eigenvalue weighted by Gasteiger charge is 1.97. The van der Waals surface area contributed by atoms with Gasteiger partial charge in [-0.3, -0.25) is 0 Å². The summed E-state index contributed by atoms with van der Waals surface area (Å²) in [6, 6.07) is 11.8. The summed E-state index contributed by atoms with van der Waals surface area (Å²) in [6.07, 6.45) is 5.60. The van der Waals surface area contributed by atoms with E-state index in [4.69, 9.17) is 14.0 Å². The standard InChI is InChI=1S/C16H21NO3.3C2H6/c1-2-8-16(9-3-1)19-13-6-12-18-11-5-4-7-15-10-14-20-17-15;3*1-2/h1-3,8-10,14H,4-7,11-13H2;3*1-2H3. The molecule has 26 heavy (non-hydrogen) atoms. The summed E-state index contributed by atoms with van der Waals surface area (Å²) in [4.78, 5) is 0. The molecule has 0 bridgehead atoms. The van der Waals surface area contributed by atoms with Crippen LogP contribution in [0.1, 0.15) is 66.5 Å². The number of para-hydroxylation sites is 1. The van der Waals surface area contributed by atoms with E-state index in [9.17, 15) is 0 Å². The molecule has 0 saturated heterocycles. The molecule has 4 nitrogen and oxygen atoms in total. The van der Waals surface area contributed by atoms with Crippen molar-refractivity contribution < 1.29 is 14.0 Å². The molecule has 0 aliphatic heterocycles. The van der Waals surface area contributed by atoms with Crippen molar-refractivity contribution in [2.75, 3.05) is 19.8 Å². The van der Waals surface area contributed by atoms with Crippen LogP contribution < -0.4 is 4.74 Å². The summed E-state index contributed by atoms with van der Waals surface area (Å²) in [5, 5.41) is 3.87. The molecular weight excluding hydrogens is 326 g/mol. The molecule has 0 radical (unpaired) electrons. The average Bonchev–Trinajstić information content (AvgIpc) is 3.26. The summed E-state index contributed by atoms with van der Waals surface area (Å²) in [7, 11) is 0. The van der Waals surface area contributed by atoms with Crippen molar-refractivity contribution in [3.05, 3.63) is 48.4 Å². The first kappa shape index (κ1) is 26.4. The van der Waals surface area contributed by atoms with Gasteiger partial charge >= 0.3 is 0 Å². The molecule has 0 fully saturated rings. The van der Waals surface area contributed by atoms with Crippen molar-refractivity contribution in [3.63, 3.8) is 0 Å². The molecule has 1 heterocycles. The summed E-state index contributed by atoms with van der Waals surface area (Å²) in [5.74, 6) is 0.917. The van der Waals surface area contributed by atoms with Gasteiger partial charge < -0.3 is 14.0 Å². The predicted molar refractivity (Wildman–Crippen MR) is 111 cm³/mol. The summed E-state index contributed by atoms with van der Waals surface area (Å²) in [5.41, 5.74) is 1.02. The third-order valence-corrected chi connectivity index (χ3v) is 2.91. The molecular formula is C22H39NO3. The second kappa shape index (κ2) is 23.2. The summed E-state index contributed by atoms with van der Waals surface area (Å²) in [6.45, 7) is 14.2. The third-order valence-electron chi connectivity index (χ3n) is 2.91. The van der Waals surface area contributed by atoms with Crippen LogP contribution in [-0.2, 0) is 11.2 Å². The van der Waals surface area contributed by atoms with Crippen molar-refractivity contribution in [1.82, 2.24) is 5.16 Å². The van der Waals surface area contributed by atoms with Gasteiger partial charge in [0.05, 0.1) is 12.3 Å². The van der Waals surface area contributed by atoms with E-state index < -0.39 is 0 Å². The number of hydrogen-bond donors (Lipinski definition) is 0. The molecule has 2 aromatic rings. The van der Waals surface area contributed by atoms with E-state index in [1.807, 2.05) is 77.9 Å². The zero-order chi connectivity index (χ0) is 19.9. The number of unbranched alkanes of at least 4 members (excludes halogenated alkanes) is 1. The fourth-order valence-electron chi connectivity index (χ4n) is 1.85. The van der Waals surface area contributed by atoms with Gasteiger partial charge in [-0.25, -0.2) is 0 Å². The maximum atomic E-state index is 5.58.